The van der Waals surface area contributed by atoms with Gasteiger partial charge in [-0.2, -0.15) is 26.3 Å². The van der Waals surface area contributed by atoms with Crippen molar-refractivity contribution in [3.05, 3.63) is 70.8 Å². The third-order valence-corrected chi connectivity index (χ3v) is 5.02. The summed E-state index contributed by atoms with van der Waals surface area (Å²) in [5, 5.41) is 0. The Hall–Kier alpha value is -1.83. The average Bonchev–Trinajstić information content (AvgIpc) is 2.56. The van der Waals surface area contributed by atoms with Crippen LogP contribution in [-0.4, -0.2) is 6.16 Å². The predicted molar refractivity (Wildman–Crippen MR) is 86.4 cm³/mol. The first-order valence-corrected chi connectivity index (χ1v) is 9.85. The van der Waals surface area contributed by atoms with E-state index in [1.165, 1.54) is 12.1 Å². The molecule has 0 saturated carbocycles. The summed E-state index contributed by atoms with van der Waals surface area (Å²) in [6.45, 7) is 0. The Morgan fingerprint density at radius 1 is 0.821 bits per heavy atom. The number of benzene rings is 2. The fourth-order valence-electron chi connectivity index (χ4n) is 2.88. The van der Waals surface area contributed by atoms with E-state index in [1.807, 2.05) is 0 Å². The SMILES string of the molecule is O=P([O-])([O-])CCCC(c1cccc(C(F)(F)F)c1)c1cccc(C(F)(F)F)c1. The first-order valence-electron chi connectivity index (χ1n) is 8.13. The molecule has 0 aliphatic heterocycles. The molecule has 0 N–H and O–H groups in total. The maximum Gasteiger partial charge on any atom is 0.416 e. The minimum atomic E-state index is -4.84. The number of hydrogen-bond acceptors (Lipinski definition) is 3. The summed E-state index contributed by atoms with van der Waals surface area (Å²) in [6.07, 6.45) is -10.3. The molecule has 0 amide bonds. The van der Waals surface area contributed by atoms with Gasteiger partial charge < -0.3 is 14.4 Å². The second kappa shape index (κ2) is 8.27. The molecule has 0 atom stereocenters. The predicted octanol–water partition coefficient (Wildman–Crippen LogP) is 4.55. The Morgan fingerprint density at radius 2 is 1.25 bits per heavy atom. The van der Waals surface area contributed by atoms with Crippen molar-refractivity contribution in [2.75, 3.05) is 6.16 Å². The Morgan fingerprint density at radius 3 is 1.61 bits per heavy atom. The van der Waals surface area contributed by atoms with Crippen LogP contribution in [0.4, 0.5) is 26.3 Å². The van der Waals surface area contributed by atoms with Gasteiger partial charge in [0.25, 0.3) is 0 Å². The molecule has 0 heterocycles. The molecule has 2 aromatic rings. The molecule has 0 radical (unpaired) electrons. The highest BCUT2D eigenvalue weighted by Gasteiger charge is 2.33. The van der Waals surface area contributed by atoms with E-state index in [0.29, 0.717) is 0 Å². The van der Waals surface area contributed by atoms with Crippen molar-refractivity contribution in [2.45, 2.75) is 31.1 Å². The van der Waals surface area contributed by atoms with Crippen molar-refractivity contribution in [3.63, 3.8) is 0 Å². The van der Waals surface area contributed by atoms with Gasteiger partial charge >= 0.3 is 12.4 Å². The maximum atomic E-state index is 13.0. The third-order valence-electron chi connectivity index (χ3n) is 4.16. The lowest BCUT2D eigenvalue weighted by Gasteiger charge is -2.30. The summed E-state index contributed by atoms with van der Waals surface area (Å²) in [7, 11) is -4.84. The quantitative estimate of drug-likeness (QED) is 0.505. The highest BCUT2D eigenvalue weighted by Crippen LogP contribution is 2.38. The van der Waals surface area contributed by atoms with Crippen LogP contribution in [0, 0.1) is 0 Å². The van der Waals surface area contributed by atoms with Crippen LogP contribution in [0.1, 0.15) is 41.0 Å². The standard InChI is InChI=1S/C18H17F6O3P/c19-17(20,21)14-6-1-4-12(10-14)16(8-3-9-28(25,26)27)13-5-2-7-15(11-13)18(22,23)24/h1-2,4-7,10-11,16H,3,8-9H2,(H2,25,26,27)/p-2. The summed E-state index contributed by atoms with van der Waals surface area (Å²) in [5.41, 5.74) is -1.78. The minimum absolute atomic E-state index is 0.0841. The van der Waals surface area contributed by atoms with Gasteiger partial charge in [0.05, 0.1) is 11.1 Å². The van der Waals surface area contributed by atoms with Gasteiger partial charge in [-0.05, 0) is 42.3 Å². The second-order valence-corrected chi connectivity index (χ2v) is 7.94. The Kier molecular flexibility index (Phi) is 6.63. The largest absolute Gasteiger partial charge is 0.811 e. The first-order chi connectivity index (χ1) is 12.8. The highest BCUT2D eigenvalue weighted by atomic mass is 31.2. The molecular formula is C18H15F6O3P-2. The van der Waals surface area contributed by atoms with Gasteiger partial charge in [0.2, 0.25) is 0 Å². The number of alkyl halides is 6. The van der Waals surface area contributed by atoms with Gasteiger partial charge in [-0.15, -0.1) is 0 Å². The monoisotopic (exact) mass is 424 g/mol. The lowest BCUT2D eigenvalue weighted by Crippen LogP contribution is -2.17. The summed E-state index contributed by atoms with van der Waals surface area (Å²) in [5.74, 6) is -0.934. The number of rotatable bonds is 6. The molecular weight excluding hydrogens is 409 g/mol. The van der Waals surface area contributed by atoms with Crippen LogP contribution in [0.15, 0.2) is 48.5 Å². The van der Waals surface area contributed by atoms with Crippen LogP contribution in [0.2, 0.25) is 0 Å². The Balaban J connectivity index is 2.45. The zero-order valence-electron chi connectivity index (χ0n) is 14.3. The van der Waals surface area contributed by atoms with Gasteiger partial charge in [-0.1, -0.05) is 44.0 Å². The fourth-order valence-corrected chi connectivity index (χ4v) is 3.45. The van der Waals surface area contributed by atoms with Crippen molar-refractivity contribution in [1.29, 1.82) is 0 Å². The molecule has 0 spiro atoms. The van der Waals surface area contributed by atoms with Crippen LogP contribution >= 0.6 is 7.60 Å². The maximum absolute atomic E-state index is 13.0. The third kappa shape index (κ3) is 6.36. The van der Waals surface area contributed by atoms with Crippen molar-refractivity contribution in [2.24, 2.45) is 0 Å². The Labute approximate surface area is 157 Å². The molecule has 0 aliphatic carbocycles. The van der Waals surface area contributed by atoms with Crippen LogP contribution in [0.25, 0.3) is 0 Å². The van der Waals surface area contributed by atoms with Crippen molar-refractivity contribution in [3.8, 4) is 0 Å². The zero-order chi connectivity index (χ0) is 21.2. The second-order valence-electron chi connectivity index (χ2n) is 6.28. The fraction of sp³-hybridized carbons (Fsp3) is 0.333. The van der Waals surface area contributed by atoms with E-state index in [1.54, 1.807) is 0 Å². The van der Waals surface area contributed by atoms with Gasteiger partial charge in [-0.3, -0.25) is 0 Å². The molecule has 10 heteroatoms. The molecule has 0 unspecified atom stereocenters. The normalized spacial score (nSPS) is 13.2. The number of hydrogen-bond donors (Lipinski definition) is 0. The molecule has 0 saturated heterocycles. The van der Waals surface area contributed by atoms with E-state index in [4.69, 9.17) is 0 Å². The highest BCUT2D eigenvalue weighted by molar-refractivity contribution is 7.48. The van der Waals surface area contributed by atoms with Crippen LogP contribution in [-0.2, 0) is 16.9 Å². The molecule has 0 aliphatic rings. The van der Waals surface area contributed by atoms with Crippen LogP contribution in [0.5, 0.6) is 0 Å². The van der Waals surface area contributed by atoms with Gasteiger partial charge in [0, 0.05) is 5.92 Å². The molecule has 0 fully saturated rings. The molecule has 28 heavy (non-hydrogen) atoms. The van der Waals surface area contributed by atoms with Crippen molar-refractivity contribution in [1.82, 2.24) is 0 Å². The molecule has 2 aromatic carbocycles. The molecule has 3 nitrogen and oxygen atoms in total. The smallest absolute Gasteiger partial charge is 0.416 e. The lowest BCUT2D eigenvalue weighted by molar-refractivity contribution is -0.313. The summed E-state index contributed by atoms with van der Waals surface area (Å²) in [4.78, 5) is 21.7. The average molecular weight is 424 g/mol. The summed E-state index contributed by atoms with van der Waals surface area (Å²) < 4.78 is 88.8. The summed E-state index contributed by atoms with van der Waals surface area (Å²) >= 11 is 0. The summed E-state index contributed by atoms with van der Waals surface area (Å²) in [6, 6.07) is 8.21. The lowest BCUT2D eigenvalue weighted by atomic mass is 9.86. The first kappa shape index (κ1) is 22.5. The zero-order valence-corrected chi connectivity index (χ0v) is 15.2. The van der Waals surface area contributed by atoms with Crippen molar-refractivity contribution < 1.29 is 40.7 Å². The molecule has 2 rings (SSSR count). The van der Waals surface area contributed by atoms with Gasteiger partial charge in [0.1, 0.15) is 0 Å². The van der Waals surface area contributed by atoms with E-state index in [9.17, 15) is 40.7 Å². The Bertz CT molecular complexity index is 799. The van der Waals surface area contributed by atoms with E-state index in [2.05, 4.69) is 0 Å². The van der Waals surface area contributed by atoms with Crippen LogP contribution < -0.4 is 9.79 Å². The van der Waals surface area contributed by atoms with Gasteiger partial charge in [-0.25, -0.2) is 0 Å². The van der Waals surface area contributed by atoms with Crippen molar-refractivity contribution >= 4 is 7.60 Å². The van der Waals surface area contributed by atoms with Gasteiger partial charge in [0.15, 0.2) is 0 Å². The van der Waals surface area contributed by atoms with E-state index in [-0.39, 0.29) is 24.0 Å². The molecule has 154 valence electrons. The van der Waals surface area contributed by atoms with E-state index in [0.717, 1.165) is 36.4 Å². The minimum Gasteiger partial charge on any atom is -0.811 e. The number of halogens is 6. The van der Waals surface area contributed by atoms with E-state index >= 15 is 0 Å². The van der Waals surface area contributed by atoms with E-state index < -0.39 is 43.2 Å². The molecule has 0 bridgehead atoms. The van der Waals surface area contributed by atoms with Crippen LogP contribution in [0.3, 0.4) is 0 Å². The molecule has 0 aromatic heterocycles. The topological polar surface area (TPSA) is 63.2 Å².